The minimum absolute atomic E-state index is 0.378. The molecule has 114 valence electrons. The second-order valence-electron chi connectivity index (χ2n) is 7.17. The summed E-state index contributed by atoms with van der Waals surface area (Å²) < 4.78 is 0. The van der Waals surface area contributed by atoms with Gasteiger partial charge in [-0.05, 0) is 64.5 Å². The first-order valence-electron chi connectivity index (χ1n) is 8.36. The maximum absolute atomic E-state index is 4.93. The normalized spacial score (nSPS) is 38.5. The molecule has 0 aromatic heterocycles. The van der Waals surface area contributed by atoms with Gasteiger partial charge in [0.15, 0.2) is 5.17 Å². The van der Waals surface area contributed by atoms with Crippen LogP contribution in [0.1, 0.15) is 52.4 Å². The number of nitrogens with zero attached hydrogens (tertiary/aromatic N) is 2. The number of hydrogen-bond donors (Lipinski definition) is 1. The first-order valence-corrected chi connectivity index (χ1v) is 9.35. The molecule has 2 heterocycles. The highest BCUT2D eigenvalue weighted by Gasteiger charge is 2.39. The summed E-state index contributed by atoms with van der Waals surface area (Å²) in [6, 6.07) is 0.431. The lowest BCUT2D eigenvalue weighted by Gasteiger charge is -2.35. The van der Waals surface area contributed by atoms with Crippen LogP contribution in [-0.4, -0.2) is 47.0 Å². The number of rotatable bonds is 3. The van der Waals surface area contributed by atoms with Crippen LogP contribution < -0.4 is 5.32 Å². The Labute approximate surface area is 128 Å². The molecular weight excluding hydrogens is 266 g/mol. The Bertz CT molecular complexity index is 355. The molecular formula is C16H29N3S. The predicted molar refractivity (Wildman–Crippen MR) is 88.5 cm³/mol. The molecule has 1 saturated carbocycles. The summed E-state index contributed by atoms with van der Waals surface area (Å²) in [5.74, 6) is 2.15. The Morgan fingerprint density at radius 3 is 2.75 bits per heavy atom. The van der Waals surface area contributed by atoms with Gasteiger partial charge in [-0.15, -0.1) is 0 Å². The third-order valence-corrected chi connectivity index (χ3v) is 6.33. The molecule has 2 saturated heterocycles. The summed E-state index contributed by atoms with van der Waals surface area (Å²) in [4.78, 5) is 7.50. The second-order valence-corrected chi connectivity index (χ2v) is 8.13. The molecule has 1 spiro atoms. The van der Waals surface area contributed by atoms with E-state index in [2.05, 4.69) is 24.1 Å². The standard InChI is InChI=1S/C16H29N3S/c1-13-5-7-16(8-6-13)12-20-15(18-16)17-14(2)11-19-9-3-4-10-19/h13-14H,3-12H2,1-2H3,(H,17,18). The van der Waals surface area contributed by atoms with E-state index in [1.165, 1.54) is 62.5 Å². The average Bonchev–Trinajstić information content (AvgIpc) is 3.04. The molecule has 1 atom stereocenters. The van der Waals surface area contributed by atoms with Crippen LogP contribution in [0.2, 0.25) is 0 Å². The van der Waals surface area contributed by atoms with E-state index in [4.69, 9.17) is 4.99 Å². The van der Waals surface area contributed by atoms with Crippen LogP contribution in [0.15, 0.2) is 4.99 Å². The molecule has 4 heteroatoms. The van der Waals surface area contributed by atoms with Crippen molar-refractivity contribution in [3.05, 3.63) is 0 Å². The molecule has 3 rings (SSSR count). The molecule has 3 nitrogen and oxygen atoms in total. The van der Waals surface area contributed by atoms with Gasteiger partial charge in [0.05, 0.1) is 6.04 Å². The number of hydrogen-bond acceptors (Lipinski definition) is 3. The summed E-state index contributed by atoms with van der Waals surface area (Å²) in [6.07, 6.45) is 8.17. The highest BCUT2D eigenvalue weighted by Crippen LogP contribution is 2.38. The Balaban J connectivity index is 1.52. The number of amidine groups is 1. The van der Waals surface area contributed by atoms with Gasteiger partial charge in [0.25, 0.3) is 0 Å². The van der Waals surface area contributed by atoms with Crippen molar-refractivity contribution in [3.63, 3.8) is 0 Å². The van der Waals surface area contributed by atoms with Crippen LogP contribution in [0.25, 0.3) is 0 Å². The van der Waals surface area contributed by atoms with Gasteiger partial charge >= 0.3 is 0 Å². The SMILES string of the molecule is CC1CCC2(CC1)CSC(=NC(C)CN1CCCC1)N2. The quantitative estimate of drug-likeness (QED) is 0.867. The van der Waals surface area contributed by atoms with Crippen LogP contribution in [0.4, 0.5) is 0 Å². The average molecular weight is 295 g/mol. The molecule has 3 aliphatic rings. The van der Waals surface area contributed by atoms with Gasteiger partial charge in [-0.3, -0.25) is 4.99 Å². The van der Waals surface area contributed by atoms with Crippen molar-refractivity contribution < 1.29 is 0 Å². The fourth-order valence-electron chi connectivity index (χ4n) is 3.74. The van der Waals surface area contributed by atoms with Crippen molar-refractivity contribution in [1.82, 2.24) is 10.2 Å². The largest absolute Gasteiger partial charge is 0.359 e. The van der Waals surface area contributed by atoms with Gasteiger partial charge in [-0.25, -0.2) is 0 Å². The predicted octanol–water partition coefficient (Wildman–Crippen LogP) is 3.11. The Morgan fingerprint density at radius 2 is 2.05 bits per heavy atom. The molecule has 0 aromatic rings. The molecule has 1 N–H and O–H groups in total. The van der Waals surface area contributed by atoms with E-state index < -0.39 is 0 Å². The monoisotopic (exact) mass is 295 g/mol. The zero-order chi connectivity index (χ0) is 14.0. The summed E-state index contributed by atoms with van der Waals surface area (Å²) in [7, 11) is 0. The van der Waals surface area contributed by atoms with Crippen LogP contribution in [0.3, 0.4) is 0 Å². The van der Waals surface area contributed by atoms with Crippen LogP contribution in [0.5, 0.6) is 0 Å². The molecule has 1 aliphatic carbocycles. The van der Waals surface area contributed by atoms with Crippen LogP contribution >= 0.6 is 11.8 Å². The number of nitrogens with one attached hydrogen (secondary N) is 1. The number of likely N-dealkylation sites (tertiary alicyclic amines) is 1. The van der Waals surface area contributed by atoms with Crippen LogP contribution in [-0.2, 0) is 0 Å². The fraction of sp³-hybridized carbons (Fsp3) is 0.938. The lowest BCUT2D eigenvalue weighted by Crippen LogP contribution is -2.46. The minimum Gasteiger partial charge on any atom is -0.359 e. The Kier molecular flexibility index (Phi) is 4.61. The van der Waals surface area contributed by atoms with E-state index in [-0.39, 0.29) is 0 Å². The van der Waals surface area contributed by atoms with E-state index in [0.29, 0.717) is 11.6 Å². The van der Waals surface area contributed by atoms with Crippen molar-refractivity contribution in [3.8, 4) is 0 Å². The minimum atomic E-state index is 0.378. The highest BCUT2D eigenvalue weighted by atomic mass is 32.2. The summed E-state index contributed by atoms with van der Waals surface area (Å²) >= 11 is 1.96. The topological polar surface area (TPSA) is 27.6 Å². The second kappa shape index (κ2) is 6.27. The van der Waals surface area contributed by atoms with Crippen molar-refractivity contribution in [1.29, 1.82) is 0 Å². The molecule has 3 fully saturated rings. The molecule has 0 bridgehead atoms. The zero-order valence-electron chi connectivity index (χ0n) is 13.0. The Morgan fingerprint density at radius 1 is 1.35 bits per heavy atom. The summed E-state index contributed by atoms with van der Waals surface area (Å²) in [6.45, 7) is 8.34. The fourth-order valence-corrected chi connectivity index (χ4v) is 5.06. The van der Waals surface area contributed by atoms with E-state index >= 15 is 0 Å². The maximum atomic E-state index is 4.93. The highest BCUT2D eigenvalue weighted by molar-refractivity contribution is 8.14. The van der Waals surface area contributed by atoms with Crippen molar-refractivity contribution in [2.24, 2.45) is 10.9 Å². The molecule has 2 aliphatic heterocycles. The third kappa shape index (κ3) is 3.51. The van der Waals surface area contributed by atoms with Gasteiger partial charge in [-0.1, -0.05) is 18.7 Å². The Hall–Kier alpha value is -0.220. The van der Waals surface area contributed by atoms with E-state index in [1.54, 1.807) is 0 Å². The van der Waals surface area contributed by atoms with E-state index in [1.807, 2.05) is 11.8 Å². The molecule has 0 radical (unpaired) electrons. The first-order chi connectivity index (χ1) is 9.65. The molecule has 0 aromatic carbocycles. The molecule has 0 amide bonds. The van der Waals surface area contributed by atoms with Gasteiger partial charge in [0, 0.05) is 17.8 Å². The lowest BCUT2D eigenvalue weighted by molar-refractivity contribution is 0.250. The van der Waals surface area contributed by atoms with Gasteiger partial charge in [-0.2, -0.15) is 0 Å². The zero-order valence-corrected chi connectivity index (χ0v) is 13.8. The van der Waals surface area contributed by atoms with Gasteiger partial charge in [0.2, 0.25) is 0 Å². The summed E-state index contributed by atoms with van der Waals surface area (Å²) in [5, 5.41) is 4.99. The first kappa shape index (κ1) is 14.7. The smallest absolute Gasteiger partial charge is 0.157 e. The lowest BCUT2D eigenvalue weighted by atomic mass is 9.78. The maximum Gasteiger partial charge on any atom is 0.157 e. The van der Waals surface area contributed by atoms with E-state index in [9.17, 15) is 0 Å². The number of thioether (sulfide) groups is 1. The van der Waals surface area contributed by atoms with Gasteiger partial charge < -0.3 is 10.2 Å². The van der Waals surface area contributed by atoms with Crippen molar-refractivity contribution in [2.75, 3.05) is 25.4 Å². The molecule has 1 unspecified atom stereocenters. The van der Waals surface area contributed by atoms with Crippen molar-refractivity contribution >= 4 is 16.9 Å². The van der Waals surface area contributed by atoms with Crippen LogP contribution in [0, 0.1) is 5.92 Å². The van der Waals surface area contributed by atoms with E-state index in [0.717, 1.165) is 12.5 Å². The molecule has 20 heavy (non-hydrogen) atoms. The third-order valence-electron chi connectivity index (χ3n) is 5.15. The summed E-state index contributed by atoms with van der Waals surface area (Å²) in [5.41, 5.74) is 0.378. The number of aliphatic imine (C=N–C) groups is 1. The van der Waals surface area contributed by atoms with Gasteiger partial charge in [0.1, 0.15) is 0 Å². The van der Waals surface area contributed by atoms with Crippen molar-refractivity contribution in [2.45, 2.75) is 64.0 Å².